The molecule has 5 aromatic rings. The summed E-state index contributed by atoms with van der Waals surface area (Å²) < 4.78 is 68.7. The van der Waals surface area contributed by atoms with E-state index in [2.05, 4.69) is 56.3 Å². The predicted molar refractivity (Wildman–Crippen MR) is 263 cm³/mol. The quantitative estimate of drug-likeness (QED) is 0.0902. The molecule has 0 saturated carbocycles. The van der Waals surface area contributed by atoms with Crippen LogP contribution in [0, 0.1) is 30.9 Å². The van der Waals surface area contributed by atoms with Gasteiger partial charge in [-0.25, -0.2) is 37.1 Å². The van der Waals surface area contributed by atoms with Crippen LogP contribution in [0.5, 0.6) is 11.5 Å². The fraction of sp³-hybridized carbons (Fsp3) is 0.500. The molecule has 2 aromatic carbocycles. The minimum atomic E-state index is -3.88. The number of carbonyl (C=O) groups excluding carboxylic acids is 3. The molecule has 7 rings (SSSR count). The molecule has 5 heterocycles. The molecule has 71 heavy (non-hydrogen) atoms. The van der Waals surface area contributed by atoms with Gasteiger partial charge in [0.15, 0.2) is 21.4 Å². The van der Waals surface area contributed by atoms with E-state index in [1.807, 2.05) is 18.7 Å². The normalized spacial score (nSPS) is 17.7. The van der Waals surface area contributed by atoms with Gasteiger partial charge in [0, 0.05) is 61.9 Å². The lowest BCUT2D eigenvalue weighted by Crippen LogP contribution is -2.59. The molecule has 2 saturated heterocycles. The Hall–Kier alpha value is -6.59. The summed E-state index contributed by atoms with van der Waals surface area (Å²) in [6.45, 7) is 18.8. The molecule has 4 atom stereocenters. The SMILES string of the molecule is CNC(C)C(=O)NC(C(=O)N1C[C@@H](Oc2cnc(N3CCN(CCOc4cc5ncnc(Nc6n[nH]c(C)c6C)c5cc4S(=O)(=O)C(C)(C)C)CC3)nc2)C[C@H]1C(=O)Nc1c(F)cccc1F)C(C)(C)C. The van der Waals surface area contributed by atoms with E-state index in [4.69, 9.17) is 9.47 Å². The highest BCUT2D eigenvalue weighted by atomic mass is 32.2. The van der Waals surface area contributed by atoms with E-state index in [9.17, 15) is 31.6 Å². The summed E-state index contributed by atoms with van der Waals surface area (Å²) in [6.07, 6.45) is 3.62. The molecule has 0 aliphatic carbocycles. The number of ether oxygens (including phenoxy) is 2. The lowest BCUT2D eigenvalue weighted by Gasteiger charge is -2.35. The summed E-state index contributed by atoms with van der Waals surface area (Å²) in [6, 6.07) is 3.51. The molecule has 0 radical (unpaired) electrons. The highest BCUT2D eigenvalue weighted by Gasteiger charge is 2.46. The number of H-pyrrole nitrogens is 1. The number of fused-ring (bicyclic) bond motifs is 1. The zero-order valence-electron chi connectivity index (χ0n) is 41.7. The number of likely N-dealkylation sites (tertiary alicyclic amines) is 1. The number of hydrogen-bond acceptors (Lipinski definition) is 16. The maximum Gasteiger partial charge on any atom is 0.247 e. The first-order valence-corrected chi connectivity index (χ1v) is 24.9. The summed E-state index contributed by atoms with van der Waals surface area (Å²) >= 11 is 0. The smallest absolute Gasteiger partial charge is 0.247 e. The van der Waals surface area contributed by atoms with Crippen molar-refractivity contribution in [2.45, 2.75) is 103 Å². The number of aromatic nitrogens is 6. The van der Waals surface area contributed by atoms with Crippen molar-refractivity contribution in [2.24, 2.45) is 5.41 Å². The number of para-hydroxylation sites is 1. The lowest BCUT2D eigenvalue weighted by molar-refractivity contribution is -0.143. The Balaban J connectivity index is 0.988. The Kier molecular flexibility index (Phi) is 15.5. The highest BCUT2D eigenvalue weighted by molar-refractivity contribution is 7.92. The second-order valence-corrected chi connectivity index (χ2v) is 22.6. The van der Waals surface area contributed by atoms with Gasteiger partial charge in [0.2, 0.25) is 23.7 Å². The van der Waals surface area contributed by atoms with E-state index in [-0.39, 0.29) is 36.0 Å². The van der Waals surface area contributed by atoms with Gasteiger partial charge in [0.05, 0.1) is 35.2 Å². The van der Waals surface area contributed by atoms with Gasteiger partial charge in [0.25, 0.3) is 0 Å². The van der Waals surface area contributed by atoms with Crippen LogP contribution in [0.3, 0.4) is 0 Å². The van der Waals surface area contributed by atoms with Gasteiger partial charge in [0.1, 0.15) is 64.9 Å². The number of sulfone groups is 1. The molecule has 23 heteroatoms. The number of benzene rings is 2. The third-order valence-electron chi connectivity index (χ3n) is 12.8. The molecular weight excluding hydrogens is 941 g/mol. The van der Waals surface area contributed by atoms with Crippen molar-refractivity contribution in [3.05, 3.63) is 71.9 Å². The van der Waals surface area contributed by atoms with E-state index >= 15 is 0 Å². The number of anilines is 4. The zero-order chi connectivity index (χ0) is 51.6. The fourth-order valence-electron chi connectivity index (χ4n) is 8.13. The molecule has 3 aromatic heterocycles. The van der Waals surface area contributed by atoms with Gasteiger partial charge in [-0.3, -0.25) is 24.4 Å². The van der Waals surface area contributed by atoms with Crippen molar-refractivity contribution in [3.63, 3.8) is 0 Å². The van der Waals surface area contributed by atoms with Crippen molar-refractivity contribution in [1.29, 1.82) is 0 Å². The molecule has 2 unspecified atom stereocenters. The van der Waals surface area contributed by atoms with Crippen molar-refractivity contribution >= 4 is 61.7 Å². The van der Waals surface area contributed by atoms with Crippen molar-refractivity contribution < 1.29 is 41.1 Å². The number of halogens is 2. The monoisotopic (exact) mass is 1000 g/mol. The van der Waals surface area contributed by atoms with E-state index < -0.39 is 79.3 Å². The van der Waals surface area contributed by atoms with Crippen LogP contribution in [0.4, 0.5) is 32.1 Å². The number of rotatable bonds is 16. The third kappa shape index (κ3) is 11.6. The third-order valence-corrected chi connectivity index (χ3v) is 15.3. The highest BCUT2D eigenvalue weighted by Crippen LogP contribution is 2.38. The topological polar surface area (TPSA) is 242 Å². The summed E-state index contributed by atoms with van der Waals surface area (Å²) in [5.41, 5.74) is 0.855. The van der Waals surface area contributed by atoms with Crippen LogP contribution >= 0.6 is 0 Å². The molecule has 2 fully saturated rings. The Morgan fingerprint density at radius 2 is 1.62 bits per heavy atom. The van der Waals surface area contributed by atoms with E-state index in [1.165, 1.54) is 29.7 Å². The average Bonchev–Trinajstić information content (AvgIpc) is 3.89. The standard InChI is InChI=1S/C48H63F2N13O7S/c1-27-28(2)59-60-41(27)58-42-32-21-38(71(67,68)48(7,8)9)37(22-35(32)54-26-55-42)69-19-18-61-14-16-62(17-15-61)46-52-23-31(24-53-46)70-30-20-36(44(65)56-39-33(49)12-11-13-34(39)50)63(25-30)45(66)40(47(4,5)6)57-43(64)29(3)51-10/h11-13,21-24,26,29-30,36,40,51H,14-20,25H2,1-10H3,(H,56,65)(H,57,64)(H2,54,55,58,59,60)/t29?,30-,36-,40?/m0/s1. The maximum absolute atomic E-state index is 14.7. The first kappa shape index (κ1) is 52.2. The first-order valence-electron chi connectivity index (χ1n) is 23.4. The largest absolute Gasteiger partial charge is 0.491 e. The van der Waals surface area contributed by atoms with E-state index in [0.717, 1.165) is 23.4 Å². The number of carbonyl (C=O) groups is 3. The zero-order valence-corrected chi connectivity index (χ0v) is 42.5. The van der Waals surface area contributed by atoms with Crippen LogP contribution in [0.15, 0.2) is 53.9 Å². The van der Waals surface area contributed by atoms with Crippen LogP contribution in [-0.4, -0.2) is 148 Å². The minimum absolute atomic E-state index is 0.0355. The number of amides is 3. The van der Waals surface area contributed by atoms with Gasteiger partial charge in [-0.15, -0.1) is 0 Å². The first-order chi connectivity index (χ1) is 33.5. The van der Waals surface area contributed by atoms with Crippen LogP contribution in [0.1, 0.15) is 66.1 Å². The summed E-state index contributed by atoms with van der Waals surface area (Å²) in [5.74, 6) is -1.86. The van der Waals surface area contributed by atoms with E-state index in [0.29, 0.717) is 61.2 Å². The average molecular weight is 1000 g/mol. The van der Waals surface area contributed by atoms with Crippen LogP contribution in [-0.2, 0) is 24.2 Å². The van der Waals surface area contributed by atoms with Crippen LogP contribution in [0.2, 0.25) is 0 Å². The second kappa shape index (κ2) is 21.0. The second-order valence-electron chi connectivity index (χ2n) is 19.9. The number of nitrogens with zero attached hydrogens (tertiary/aromatic N) is 8. The number of aryl methyl sites for hydroxylation is 1. The predicted octanol–water partition coefficient (Wildman–Crippen LogP) is 4.68. The molecule has 20 nitrogen and oxygen atoms in total. The Morgan fingerprint density at radius 3 is 2.23 bits per heavy atom. The minimum Gasteiger partial charge on any atom is -0.491 e. The molecule has 5 N–H and O–H groups in total. The van der Waals surface area contributed by atoms with Gasteiger partial charge >= 0.3 is 0 Å². The number of nitrogens with one attached hydrogen (secondary N) is 5. The molecule has 0 bridgehead atoms. The Labute approximate surface area is 412 Å². The summed E-state index contributed by atoms with van der Waals surface area (Å²) in [7, 11) is -2.26. The lowest BCUT2D eigenvalue weighted by atomic mass is 9.85. The fourth-order valence-corrected chi connectivity index (χ4v) is 9.44. The number of likely N-dealkylation sites (N-methyl/N-ethyl adjacent to an activating group) is 1. The van der Waals surface area contributed by atoms with Gasteiger partial charge in [-0.05, 0) is 72.2 Å². The number of hydrogen-bond donors (Lipinski definition) is 5. The summed E-state index contributed by atoms with van der Waals surface area (Å²) in [5, 5.41) is 19.0. The molecule has 0 spiro atoms. The summed E-state index contributed by atoms with van der Waals surface area (Å²) in [4.78, 5) is 64.6. The molecule has 3 amide bonds. The van der Waals surface area contributed by atoms with Crippen molar-refractivity contribution in [2.75, 3.05) is 68.5 Å². The molecule has 2 aliphatic rings. The maximum atomic E-state index is 14.7. The molecular formula is C48H63F2N13O7S. The molecule has 2 aliphatic heterocycles. The van der Waals surface area contributed by atoms with Crippen molar-refractivity contribution in [1.82, 2.24) is 50.6 Å². The Bertz CT molecular complexity index is 2850. The van der Waals surface area contributed by atoms with Gasteiger partial charge in [-0.1, -0.05) is 26.8 Å². The number of piperazine rings is 1. The van der Waals surface area contributed by atoms with E-state index in [1.54, 1.807) is 67.6 Å². The molecule has 382 valence electrons. The van der Waals surface area contributed by atoms with Crippen molar-refractivity contribution in [3.8, 4) is 11.5 Å². The number of aromatic amines is 1. The van der Waals surface area contributed by atoms with Gasteiger partial charge in [-0.2, -0.15) is 5.10 Å². The Morgan fingerprint density at radius 1 is 0.944 bits per heavy atom. The van der Waals surface area contributed by atoms with Crippen LogP contribution < -0.4 is 35.6 Å². The van der Waals surface area contributed by atoms with Crippen LogP contribution in [0.25, 0.3) is 10.9 Å². The van der Waals surface area contributed by atoms with Gasteiger partial charge < -0.3 is 40.5 Å².